The first-order valence-electron chi connectivity index (χ1n) is 7.19. The van der Waals surface area contributed by atoms with Gasteiger partial charge >= 0.3 is 0 Å². The Morgan fingerprint density at radius 1 is 1.38 bits per heavy atom. The Morgan fingerprint density at radius 2 is 2.19 bits per heavy atom. The summed E-state index contributed by atoms with van der Waals surface area (Å²) in [7, 11) is 0. The lowest BCUT2D eigenvalue weighted by Gasteiger charge is -2.15. The van der Waals surface area contributed by atoms with Crippen LogP contribution in [0.1, 0.15) is 29.0 Å². The third-order valence-corrected chi connectivity index (χ3v) is 4.00. The van der Waals surface area contributed by atoms with Gasteiger partial charge in [-0.3, -0.25) is 4.79 Å². The van der Waals surface area contributed by atoms with Crippen LogP contribution in [0.15, 0.2) is 28.8 Å². The minimum atomic E-state index is -0.203. The van der Waals surface area contributed by atoms with Crippen molar-refractivity contribution >= 4 is 11.6 Å². The second-order valence-corrected chi connectivity index (χ2v) is 5.42. The number of benzene rings is 1. The molecule has 5 nitrogen and oxygen atoms in total. The van der Waals surface area contributed by atoms with Gasteiger partial charge in [0, 0.05) is 17.8 Å². The van der Waals surface area contributed by atoms with Crippen molar-refractivity contribution in [3.05, 3.63) is 46.8 Å². The maximum Gasteiger partial charge on any atom is 0.241 e. The summed E-state index contributed by atoms with van der Waals surface area (Å²) in [6, 6.07) is 7.75. The van der Waals surface area contributed by atoms with E-state index in [-0.39, 0.29) is 11.9 Å². The number of nitrogens with zero attached hydrogens (tertiary/aromatic N) is 1. The molecule has 0 saturated carbocycles. The summed E-state index contributed by atoms with van der Waals surface area (Å²) in [5.74, 6) is 0.823. The van der Waals surface area contributed by atoms with Crippen molar-refractivity contribution in [3.8, 4) is 0 Å². The fraction of sp³-hybridized carbons (Fsp3) is 0.375. The van der Waals surface area contributed by atoms with Crippen molar-refractivity contribution in [2.24, 2.45) is 0 Å². The number of rotatable bonds is 3. The predicted molar refractivity (Wildman–Crippen MR) is 80.0 cm³/mol. The molecule has 1 aromatic carbocycles. The average Bonchev–Trinajstić information content (AvgIpc) is 2.70. The molecule has 2 aromatic rings. The van der Waals surface area contributed by atoms with Crippen LogP contribution in [0.25, 0.3) is 0 Å². The molecule has 1 amide bonds. The molecular weight excluding hydrogens is 266 g/mol. The van der Waals surface area contributed by atoms with Crippen molar-refractivity contribution in [2.75, 3.05) is 5.32 Å². The van der Waals surface area contributed by atoms with E-state index in [1.165, 1.54) is 5.56 Å². The minimum absolute atomic E-state index is 0.0201. The van der Waals surface area contributed by atoms with Crippen LogP contribution in [0.5, 0.6) is 0 Å². The lowest BCUT2D eigenvalue weighted by atomic mass is 10.1. The summed E-state index contributed by atoms with van der Waals surface area (Å²) in [6.07, 6.45) is 1.67. The quantitative estimate of drug-likeness (QED) is 0.908. The van der Waals surface area contributed by atoms with Gasteiger partial charge < -0.3 is 15.2 Å². The molecule has 1 aliphatic heterocycles. The topological polar surface area (TPSA) is 67.2 Å². The van der Waals surface area contributed by atoms with Crippen molar-refractivity contribution in [2.45, 2.75) is 39.3 Å². The lowest BCUT2D eigenvalue weighted by molar-refractivity contribution is -0.118. The summed E-state index contributed by atoms with van der Waals surface area (Å²) in [6.45, 7) is 4.39. The molecule has 5 heteroatoms. The van der Waals surface area contributed by atoms with Gasteiger partial charge in [-0.2, -0.15) is 0 Å². The standard InChI is InChI=1S/C16H19N3O2/c1-10-13(11(2)21-19-10)9-17-15-8-7-12-5-3-4-6-14(12)18-16(15)20/h3-6,15,17H,7-9H2,1-2H3,(H,18,20). The molecular formula is C16H19N3O2. The summed E-state index contributed by atoms with van der Waals surface area (Å²) in [4.78, 5) is 12.3. The lowest BCUT2D eigenvalue weighted by Crippen LogP contribution is -2.39. The molecule has 3 rings (SSSR count). The van der Waals surface area contributed by atoms with Crippen LogP contribution in [-0.4, -0.2) is 17.1 Å². The van der Waals surface area contributed by atoms with Gasteiger partial charge in [0.05, 0.1) is 11.7 Å². The molecule has 0 radical (unpaired) electrons. The van der Waals surface area contributed by atoms with Gasteiger partial charge in [0.1, 0.15) is 5.76 Å². The fourth-order valence-electron chi connectivity index (χ4n) is 2.69. The molecule has 1 unspecified atom stereocenters. The maximum absolute atomic E-state index is 12.3. The highest BCUT2D eigenvalue weighted by Gasteiger charge is 2.23. The van der Waals surface area contributed by atoms with E-state index in [4.69, 9.17) is 4.52 Å². The Labute approximate surface area is 123 Å². The van der Waals surface area contributed by atoms with Crippen molar-refractivity contribution in [1.82, 2.24) is 10.5 Å². The van der Waals surface area contributed by atoms with Crippen LogP contribution < -0.4 is 10.6 Å². The van der Waals surface area contributed by atoms with E-state index >= 15 is 0 Å². The highest BCUT2D eigenvalue weighted by Crippen LogP contribution is 2.22. The minimum Gasteiger partial charge on any atom is -0.361 e. The van der Waals surface area contributed by atoms with Crippen LogP contribution in [0, 0.1) is 13.8 Å². The number of amides is 1. The number of hydrogen-bond donors (Lipinski definition) is 2. The maximum atomic E-state index is 12.3. The predicted octanol–water partition coefficient (Wildman–Crippen LogP) is 2.33. The average molecular weight is 285 g/mol. The molecule has 0 bridgehead atoms. The fourth-order valence-corrected chi connectivity index (χ4v) is 2.69. The van der Waals surface area contributed by atoms with Crippen molar-refractivity contribution in [3.63, 3.8) is 0 Å². The van der Waals surface area contributed by atoms with E-state index in [1.807, 2.05) is 32.0 Å². The van der Waals surface area contributed by atoms with E-state index < -0.39 is 0 Å². The van der Waals surface area contributed by atoms with Crippen LogP contribution >= 0.6 is 0 Å². The molecule has 2 heterocycles. The molecule has 1 aromatic heterocycles. The van der Waals surface area contributed by atoms with Crippen LogP contribution in [0.2, 0.25) is 0 Å². The summed E-state index contributed by atoms with van der Waals surface area (Å²) >= 11 is 0. The highest BCUT2D eigenvalue weighted by molar-refractivity contribution is 5.96. The van der Waals surface area contributed by atoms with Gasteiger partial charge in [-0.05, 0) is 38.3 Å². The Morgan fingerprint density at radius 3 is 2.95 bits per heavy atom. The number of fused-ring (bicyclic) bond motifs is 1. The molecule has 0 aliphatic carbocycles. The number of carbonyl (C=O) groups is 1. The number of aryl methyl sites for hydroxylation is 3. The number of hydrogen-bond acceptors (Lipinski definition) is 4. The Hall–Kier alpha value is -2.14. The number of para-hydroxylation sites is 1. The van der Waals surface area contributed by atoms with E-state index in [0.29, 0.717) is 6.54 Å². The number of anilines is 1. The van der Waals surface area contributed by atoms with Crippen molar-refractivity contribution in [1.29, 1.82) is 0 Å². The molecule has 0 saturated heterocycles. The first-order chi connectivity index (χ1) is 10.1. The first kappa shape index (κ1) is 13.8. The SMILES string of the molecule is Cc1noc(C)c1CNC1CCc2ccccc2NC1=O. The third kappa shape index (κ3) is 2.83. The van der Waals surface area contributed by atoms with Crippen LogP contribution in [-0.2, 0) is 17.8 Å². The van der Waals surface area contributed by atoms with Crippen LogP contribution in [0.3, 0.4) is 0 Å². The molecule has 110 valence electrons. The van der Waals surface area contributed by atoms with E-state index in [9.17, 15) is 4.79 Å². The number of carbonyl (C=O) groups excluding carboxylic acids is 1. The molecule has 2 N–H and O–H groups in total. The van der Waals surface area contributed by atoms with Gasteiger partial charge in [0.15, 0.2) is 0 Å². The van der Waals surface area contributed by atoms with Gasteiger partial charge in [-0.15, -0.1) is 0 Å². The normalized spacial score (nSPS) is 18.0. The zero-order chi connectivity index (χ0) is 14.8. The molecule has 1 atom stereocenters. The molecule has 21 heavy (non-hydrogen) atoms. The largest absolute Gasteiger partial charge is 0.361 e. The Kier molecular flexibility index (Phi) is 3.75. The highest BCUT2D eigenvalue weighted by atomic mass is 16.5. The Balaban J connectivity index is 1.69. The monoisotopic (exact) mass is 285 g/mol. The Bertz CT molecular complexity index is 644. The van der Waals surface area contributed by atoms with E-state index in [0.717, 1.165) is 35.5 Å². The number of aromatic nitrogens is 1. The van der Waals surface area contributed by atoms with Gasteiger partial charge in [0.25, 0.3) is 0 Å². The van der Waals surface area contributed by atoms with Crippen molar-refractivity contribution < 1.29 is 9.32 Å². The second-order valence-electron chi connectivity index (χ2n) is 5.42. The van der Waals surface area contributed by atoms with E-state index in [1.54, 1.807) is 0 Å². The number of nitrogens with one attached hydrogen (secondary N) is 2. The first-order valence-corrected chi connectivity index (χ1v) is 7.19. The summed E-state index contributed by atoms with van der Waals surface area (Å²) in [5.41, 5.74) is 4.01. The third-order valence-electron chi connectivity index (χ3n) is 4.00. The molecule has 0 fully saturated rings. The van der Waals surface area contributed by atoms with E-state index in [2.05, 4.69) is 21.9 Å². The summed E-state index contributed by atoms with van der Waals surface area (Å²) in [5, 5.41) is 10.2. The molecule has 0 spiro atoms. The van der Waals surface area contributed by atoms with Gasteiger partial charge in [-0.25, -0.2) is 0 Å². The second kappa shape index (κ2) is 5.69. The molecule has 1 aliphatic rings. The van der Waals surface area contributed by atoms with Crippen LogP contribution in [0.4, 0.5) is 5.69 Å². The van der Waals surface area contributed by atoms with Gasteiger partial charge in [0.2, 0.25) is 5.91 Å². The smallest absolute Gasteiger partial charge is 0.241 e. The zero-order valence-electron chi connectivity index (χ0n) is 12.3. The summed E-state index contributed by atoms with van der Waals surface area (Å²) < 4.78 is 5.15. The zero-order valence-corrected chi connectivity index (χ0v) is 12.3. The van der Waals surface area contributed by atoms with Gasteiger partial charge in [-0.1, -0.05) is 23.4 Å².